The Balaban J connectivity index is 1.92. The summed E-state index contributed by atoms with van der Waals surface area (Å²) in [7, 11) is 0. The van der Waals surface area contributed by atoms with Crippen LogP contribution in [0, 0.1) is 0 Å². The number of nitrogens with one attached hydrogen (secondary N) is 2. The van der Waals surface area contributed by atoms with Crippen LogP contribution >= 0.6 is 23.2 Å². The molecule has 0 atom stereocenters. The quantitative estimate of drug-likeness (QED) is 0.787. The van der Waals surface area contributed by atoms with E-state index < -0.39 is 12.0 Å². The van der Waals surface area contributed by atoms with Gasteiger partial charge < -0.3 is 15.7 Å². The van der Waals surface area contributed by atoms with Crippen LogP contribution in [0.25, 0.3) is 0 Å². The zero-order valence-electron chi connectivity index (χ0n) is 11.3. The molecule has 2 amide bonds. The van der Waals surface area contributed by atoms with Gasteiger partial charge in [0.1, 0.15) is 0 Å². The SMILES string of the molecule is O=C(NCc1ccc(C(=O)O)cc1)Nc1cccc(Cl)c1Cl. The highest BCUT2D eigenvalue weighted by atomic mass is 35.5. The van der Waals surface area contributed by atoms with E-state index in [1.165, 1.54) is 12.1 Å². The predicted molar refractivity (Wildman–Crippen MR) is 85.7 cm³/mol. The Kier molecular flexibility index (Phi) is 5.25. The van der Waals surface area contributed by atoms with Gasteiger partial charge in [0, 0.05) is 6.54 Å². The molecule has 0 aliphatic rings. The molecule has 22 heavy (non-hydrogen) atoms. The van der Waals surface area contributed by atoms with Crippen molar-refractivity contribution in [3.63, 3.8) is 0 Å². The lowest BCUT2D eigenvalue weighted by molar-refractivity contribution is 0.0697. The third kappa shape index (κ3) is 4.13. The molecule has 0 aliphatic carbocycles. The van der Waals surface area contributed by atoms with Gasteiger partial charge in [0.2, 0.25) is 0 Å². The molecule has 2 aromatic carbocycles. The highest BCUT2D eigenvalue weighted by molar-refractivity contribution is 6.43. The van der Waals surface area contributed by atoms with E-state index in [1.54, 1.807) is 30.3 Å². The van der Waals surface area contributed by atoms with Crippen molar-refractivity contribution in [1.29, 1.82) is 0 Å². The Morgan fingerprint density at radius 2 is 1.73 bits per heavy atom. The van der Waals surface area contributed by atoms with Gasteiger partial charge in [0.25, 0.3) is 0 Å². The van der Waals surface area contributed by atoms with E-state index in [0.29, 0.717) is 10.7 Å². The monoisotopic (exact) mass is 338 g/mol. The summed E-state index contributed by atoms with van der Waals surface area (Å²) in [6.07, 6.45) is 0. The number of benzene rings is 2. The number of carboxylic acids is 1. The molecular weight excluding hydrogens is 327 g/mol. The van der Waals surface area contributed by atoms with Gasteiger partial charge in [-0.15, -0.1) is 0 Å². The summed E-state index contributed by atoms with van der Waals surface area (Å²) >= 11 is 11.8. The number of hydrogen-bond acceptors (Lipinski definition) is 2. The summed E-state index contributed by atoms with van der Waals surface area (Å²) in [5.41, 5.74) is 1.38. The van der Waals surface area contributed by atoms with Crippen LogP contribution in [0.5, 0.6) is 0 Å². The number of carboxylic acid groups (broad SMARTS) is 1. The van der Waals surface area contributed by atoms with E-state index in [1.807, 2.05) is 0 Å². The molecule has 2 rings (SSSR count). The lowest BCUT2D eigenvalue weighted by atomic mass is 10.1. The molecular formula is C15H12Cl2N2O3. The molecule has 7 heteroatoms. The zero-order valence-corrected chi connectivity index (χ0v) is 12.8. The van der Waals surface area contributed by atoms with Crippen molar-refractivity contribution in [2.24, 2.45) is 0 Å². The molecule has 0 saturated carbocycles. The molecule has 0 heterocycles. The van der Waals surface area contributed by atoms with E-state index in [4.69, 9.17) is 28.3 Å². The Bertz CT molecular complexity index is 702. The van der Waals surface area contributed by atoms with E-state index in [2.05, 4.69) is 10.6 Å². The van der Waals surface area contributed by atoms with Crippen molar-refractivity contribution >= 4 is 40.9 Å². The first-order valence-corrected chi connectivity index (χ1v) is 7.04. The van der Waals surface area contributed by atoms with Crippen LogP contribution in [0.1, 0.15) is 15.9 Å². The van der Waals surface area contributed by atoms with Gasteiger partial charge in [-0.3, -0.25) is 0 Å². The molecule has 114 valence electrons. The third-order valence-corrected chi connectivity index (χ3v) is 3.67. The molecule has 0 aromatic heterocycles. The highest BCUT2D eigenvalue weighted by Gasteiger charge is 2.08. The predicted octanol–water partition coefficient (Wildman–Crippen LogP) is 4.01. The number of carbonyl (C=O) groups excluding carboxylic acids is 1. The largest absolute Gasteiger partial charge is 0.478 e. The van der Waals surface area contributed by atoms with Crippen molar-refractivity contribution in [2.75, 3.05) is 5.32 Å². The minimum Gasteiger partial charge on any atom is -0.478 e. The second-order valence-corrected chi connectivity index (χ2v) is 5.20. The third-order valence-electron chi connectivity index (χ3n) is 2.85. The molecule has 5 nitrogen and oxygen atoms in total. The molecule has 0 spiro atoms. The van der Waals surface area contributed by atoms with Gasteiger partial charge in [0.05, 0.1) is 21.3 Å². The van der Waals surface area contributed by atoms with Crippen LogP contribution in [0.3, 0.4) is 0 Å². The van der Waals surface area contributed by atoms with Crippen molar-refractivity contribution in [3.05, 3.63) is 63.6 Å². The van der Waals surface area contributed by atoms with Gasteiger partial charge in [-0.05, 0) is 29.8 Å². The minimum absolute atomic E-state index is 0.193. The number of amides is 2. The fourth-order valence-corrected chi connectivity index (χ4v) is 2.06. The van der Waals surface area contributed by atoms with Gasteiger partial charge in [-0.25, -0.2) is 9.59 Å². The molecule has 3 N–H and O–H groups in total. The van der Waals surface area contributed by atoms with Crippen molar-refractivity contribution in [1.82, 2.24) is 5.32 Å². The Labute approximate surface area is 136 Å². The lowest BCUT2D eigenvalue weighted by Gasteiger charge is -2.10. The Morgan fingerprint density at radius 1 is 1.05 bits per heavy atom. The van der Waals surface area contributed by atoms with E-state index in [9.17, 15) is 9.59 Å². The van der Waals surface area contributed by atoms with Crippen LogP contribution in [-0.4, -0.2) is 17.1 Å². The molecule has 0 saturated heterocycles. The number of carbonyl (C=O) groups is 2. The smallest absolute Gasteiger partial charge is 0.335 e. The number of halogens is 2. The lowest BCUT2D eigenvalue weighted by Crippen LogP contribution is -2.28. The van der Waals surface area contributed by atoms with Crippen molar-refractivity contribution in [3.8, 4) is 0 Å². The molecule has 0 radical (unpaired) electrons. The first kappa shape index (κ1) is 16.1. The van der Waals surface area contributed by atoms with Gasteiger partial charge >= 0.3 is 12.0 Å². The summed E-state index contributed by atoms with van der Waals surface area (Å²) in [5.74, 6) is -0.993. The standard InChI is InChI=1S/C15H12Cl2N2O3/c16-11-2-1-3-12(13(11)17)19-15(22)18-8-9-4-6-10(7-5-9)14(20)21/h1-7H,8H2,(H,20,21)(H2,18,19,22). The van der Waals surface area contributed by atoms with Gasteiger partial charge in [-0.1, -0.05) is 41.4 Å². The number of hydrogen-bond donors (Lipinski definition) is 3. The van der Waals surface area contributed by atoms with Crippen LogP contribution in [0.4, 0.5) is 10.5 Å². The van der Waals surface area contributed by atoms with Crippen LogP contribution in [0.15, 0.2) is 42.5 Å². The average molecular weight is 339 g/mol. The first-order chi connectivity index (χ1) is 10.5. The topological polar surface area (TPSA) is 78.4 Å². The van der Waals surface area contributed by atoms with E-state index >= 15 is 0 Å². The van der Waals surface area contributed by atoms with Crippen LogP contribution in [-0.2, 0) is 6.54 Å². The van der Waals surface area contributed by atoms with Crippen LogP contribution in [0.2, 0.25) is 10.0 Å². The minimum atomic E-state index is -0.993. The summed E-state index contributed by atoms with van der Waals surface area (Å²) in [5, 5.41) is 14.7. The normalized spacial score (nSPS) is 10.1. The Morgan fingerprint density at radius 3 is 2.36 bits per heavy atom. The number of anilines is 1. The maximum atomic E-state index is 11.8. The summed E-state index contributed by atoms with van der Waals surface area (Å²) in [6, 6.07) is 10.7. The van der Waals surface area contributed by atoms with E-state index in [-0.39, 0.29) is 17.1 Å². The molecule has 2 aromatic rings. The number of urea groups is 1. The number of aromatic carboxylic acids is 1. The number of rotatable bonds is 4. The Hall–Kier alpha value is -2.24. The molecule has 0 bridgehead atoms. The summed E-state index contributed by atoms with van der Waals surface area (Å²) in [6.45, 7) is 0.254. The fourth-order valence-electron chi connectivity index (χ4n) is 1.71. The zero-order chi connectivity index (χ0) is 16.1. The van der Waals surface area contributed by atoms with Gasteiger partial charge in [0.15, 0.2) is 0 Å². The second-order valence-electron chi connectivity index (χ2n) is 4.41. The maximum absolute atomic E-state index is 11.8. The average Bonchev–Trinajstić information content (AvgIpc) is 2.50. The van der Waals surface area contributed by atoms with Gasteiger partial charge in [-0.2, -0.15) is 0 Å². The first-order valence-electron chi connectivity index (χ1n) is 6.28. The molecule has 0 fully saturated rings. The molecule has 0 aliphatic heterocycles. The summed E-state index contributed by atoms with van der Waals surface area (Å²) < 4.78 is 0. The molecule has 0 unspecified atom stereocenters. The van der Waals surface area contributed by atoms with Crippen molar-refractivity contribution < 1.29 is 14.7 Å². The highest BCUT2D eigenvalue weighted by Crippen LogP contribution is 2.29. The summed E-state index contributed by atoms with van der Waals surface area (Å²) in [4.78, 5) is 22.5. The second kappa shape index (κ2) is 7.15. The fraction of sp³-hybridized carbons (Fsp3) is 0.0667. The maximum Gasteiger partial charge on any atom is 0.335 e. The van der Waals surface area contributed by atoms with E-state index in [0.717, 1.165) is 5.56 Å². The van der Waals surface area contributed by atoms with Crippen molar-refractivity contribution in [2.45, 2.75) is 6.54 Å². The van der Waals surface area contributed by atoms with Crippen LogP contribution < -0.4 is 10.6 Å².